The number of nitrogens with zero attached hydrogens (tertiary/aromatic N) is 4. The second kappa shape index (κ2) is 6.95. The summed E-state index contributed by atoms with van der Waals surface area (Å²) >= 11 is 0. The Morgan fingerprint density at radius 2 is 1.91 bits per heavy atom. The Kier molecular flexibility index (Phi) is 4.97. The van der Waals surface area contributed by atoms with Gasteiger partial charge in [-0.2, -0.15) is 0 Å². The molecule has 4 heteroatoms. The Morgan fingerprint density at radius 1 is 1.14 bits per heavy atom. The Hall–Kier alpha value is -1.16. The standard InChI is InChI=1S/C18H30N4/c1-4-21(5-2)12-15-10-11-22(13-15)18-16-8-6-7-9-17(16)19-14(3)20-18/h15H,4-13H2,1-3H3. The van der Waals surface area contributed by atoms with Gasteiger partial charge in [-0.1, -0.05) is 13.8 Å². The van der Waals surface area contributed by atoms with E-state index >= 15 is 0 Å². The molecular weight excluding hydrogens is 272 g/mol. The molecule has 1 aliphatic carbocycles. The summed E-state index contributed by atoms with van der Waals surface area (Å²) in [5, 5.41) is 0. The van der Waals surface area contributed by atoms with Gasteiger partial charge in [0.05, 0.1) is 0 Å². The smallest absolute Gasteiger partial charge is 0.135 e. The molecule has 0 bridgehead atoms. The molecule has 1 fully saturated rings. The summed E-state index contributed by atoms with van der Waals surface area (Å²) in [6.07, 6.45) is 6.19. The molecule has 2 aliphatic rings. The van der Waals surface area contributed by atoms with Gasteiger partial charge in [-0.25, -0.2) is 9.97 Å². The summed E-state index contributed by atoms with van der Waals surface area (Å²) in [6.45, 7) is 12.5. The molecule has 1 aromatic rings. The molecule has 0 spiro atoms. The minimum atomic E-state index is 0.786. The van der Waals surface area contributed by atoms with E-state index in [9.17, 15) is 0 Å². The van der Waals surface area contributed by atoms with Crippen molar-refractivity contribution < 1.29 is 0 Å². The fraction of sp³-hybridized carbons (Fsp3) is 0.778. The summed E-state index contributed by atoms with van der Waals surface area (Å²) in [6, 6.07) is 0. The molecule has 2 heterocycles. The van der Waals surface area contributed by atoms with Crippen LogP contribution < -0.4 is 4.90 Å². The summed E-state index contributed by atoms with van der Waals surface area (Å²) < 4.78 is 0. The quantitative estimate of drug-likeness (QED) is 0.837. The lowest BCUT2D eigenvalue weighted by Gasteiger charge is -2.26. The summed E-state index contributed by atoms with van der Waals surface area (Å²) in [7, 11) is 0. The Bertz CT molecular complexity index is 510. The van der Waals surface area contributed by atoms with Crippen molar-refractivity contribution in [1.82, 2.24) is 14.9 Å². The number of aryl methyl sites for hydroxylation is 2. The summed E-state index contributed by atoms with van der Waals surface area (Å²) in [5.41, 5.74) is 2.77. The van der Waals surface area contributed by atoms with E-state index < -0.39 is 0 Å². The lowest BCUT2D eigenvalue weighted by Crippen LogP contribution is -2.31. The molecule has 1 saturated heterocycles. The maximum absolute atomic E-state index is 4.82. The first-order valence-electron chi connectivity index (χ1n) is 9.05. The van der Waals surface area contributed by atoms with Gasteiger partial charge in [0.1, 0.15) is 11.6 Å². The first kappa shape index (κ1) is 15.7. The summed E-state index contributed by atoms with van der Waals surface area (Å²) in [4.78, 5) is 14.6. The van der Waals surface area contributed by atoms with Gasteiger partial charge in [-0.15, -0.1) is 0 Å². The zero-order chi connectivity index (χ0) is 15.5. The van der Waals surface area contributed by atoms with Gasteiger partial charge in [0.15, 0.2) is 0 Å². The first-order valence-corrected chi connectivity index (χ1v) is 9.05. The zero-order valence-corrected chi connectivity index (χ0v) is 14.4. The van der Waals surface area contributed by atoms with Gasteiger partial charge in [-0.05, 0) is 58.0 Å². The molecule has 22 heavy (non-hydrogen) atoms. The average Bonchev–Trinajstić information content (AvgIpc) is 3.00. The van der Waals surface area contributed by atoms with Crippen molar-refractivity contribution in [2.75, 3.05) is 37.6 Å². The lowest BCUT2D eigenvalue weighted by atomic mass is 9.96. The molecule has 1 atom stereocenters. The molecule has 0 radical (unpaired) electrons. The van der Waals surface area contributed by atoms with E-state index in [4.69, 9.17) is 9.97 Å². The molecule has 4 nitrogen and oxygen atoms in total. The van der Waals surface area contributed by atoms with E-state index in [1.54, 1.807) is 0 Å². The average molecular weight is 302 g/mol. The van der Waals surface area contributed by atoms with Crippen LogP contribution in [0.1, 0.15) is 50.2 Å². The molecule has 1 aromatic heterocycles. The highest BCUT2D eigenvalue weighted by molar-refractivity contribution is 5.51. The highest BCUT2D eigenvalue weighted by atomic mass is 15.2. The normalized spacial score (nSPS) is 21.5. The maximum atomic E-state index is 4.82. The van der Waals surface area contributed by atoms with Crippen molar-refractivity contribution in [3.8, 4) is 0 Å². The van der Waals surface area contributed by atoms with E-state index in [0.29, 0.717) is 0 Å². The predicted molar refractivity (Wildman–Crippen MR) is 91.5 cm³/mol. The van der Waals surface area contributed by atoms with Gasteiger partial charge >= 0.3 is 0 Å². The van der Waals surface area contributed by atoms with Crippen molar-refractivity contribution in [2.24, 2.45) is 5.92 Å². The van der Waals surface area contributed by atoms with E-state index in [2.05, 4.69) is 23.6 Å². The first-order chi connectivity index (χ1) is 10.7. The third kappa shape index (κ3) is 3.27. The topological polar surface area (TPSA) is 32.3 Å². The Morgan fingerprint density at radius 3 is 2.68 bits per heavy atom. The van der Waals surface area contributed by atoms with Gasteiger partial charge in [-0.3, -0.25) is 0 Å². The molecule has 122 valence electrons. The van der Waals surface area contributed by atoms with Crippen LogP contribution in [-0.4, -0.2) is 47.6 Å². The van der Waals surface area contributed by atoms with Crippen LogP contribution in [0.25, 0.3) is 0 Å². The number of fused-ring (bicyclic) bond motifs is 1. The van der Waals surface area contributed by atoms with Crippen LogP contribution in [0.4, 0.5) is 5.82 Å². The second-order valence-electron chi connectivity index (χ2n) is 6.81. The van der Waals surface area contributed by atoms with E-state index in [1.165, 1.54) is 55.8 Å². The number of rotatable bonds is 5. The molecule has 0 N–H and O–H groups in total. The molecule has 3 rings (SSSR count). The van der Waals surface area contributed by atoms with E-state index in [-0.39, 0.29) is 0 Å². The van der Waals surface area contributed by atoms with E-state index in [0.717, 1.165) is 37.8 Å². The minimum Gasteiger partial charge on any atom is -0.356 e. The highest BCUT2D eigenvalue weighted by Gasteiger charge is 2.28. The minimum absolute atomic E-state index is 0.786. The number of anilines is 1. The van der Waals surface area contributed by atoms with Crippen LogP contribution >= 0.6 is 0 Å². The maximum Gasteiger partial charge on any atom is 0.135 e. The van der Waals surface area contributed by atoms with Gasteiger partial charge in [0.25, 0.3) is 0 Å². The fourth-order valence-corrected chi connectivity index (χ4v) is 3.98. The molecule has 1 unspecified atom stereocenters. The fourth-order valence-electron chi connectivity index (χ4n) is 3.98. The van der Waals surface area contributed by atoms with Crippen molar-refractivity contribution >= 4 is 5.82 Å². The lowest BCUT2D eigenvalue weighted by molar-refractivity contribution is 0.261. The van der Waals surface area contributed by atoms with Crippen LogP contribution in [0.5, 0.6) is 0 Å². The van der Waals surface area contributed by atoms with Gasteiger partial charge in [0.2, 0.25) is 0 Å². The zero-order valence-electron chi connectivity index (χ0n) is 14.4. The number of aromatic nitrogens is 2. The molecule has 0 aromatic carbocycles. The van der Waals surface area contributed by atoms with Crippen LogP contribution in [0.3, 0.4) is 0 Å². The van der Waals surface area contributed by atoms with E-state index in [1.807, 2.05) is 6.92 Å². The van der Waals surface area contributed by atoms with Crippen LogP contribution in [0.2, 0.25) is 0 Å². The highest BCUT2D eigenvalue weighted by Crippen LogP contribution is 2.31. The SMILES string of the molecule is CCN(CC)CC1CCN(c2nc(C)nc3c2CCCC3)C1. The molecule has 1 aliphatic heterocycles. The van der Waals surface area contributed by atoms with Crippen LogP contribution in [0, 0.1) is 12.8 Å². The second-order valence-corrected chi connectivity index (χ2v) is 6.81. The molecule has 0 amide bonds. The Labute approximate surface area is 134 Å². The molecular formula is C18H30N4. The van der Waals surface area contributed by atoms with Crippen LogP contribution in [0.15, 0.2) is 0 Å². The molecule has 0 saturated carbocycles. The van der Waals surface area contributed by atoms with Crippen molar-refractivity contribution in [3.63, 3.8) is 0 Å². The third-order valence-corrected chi connectivity index (χ3v) is 5.27. The van der Waals surface area contributed by atoms with Crippen molar-refractivity contribution in [3.05, 3.63) is 17.1 Å². The number of hydrogen-bond acceptors (Lipinski definition) is 4. The Balaban J connectivity index is 1.74. The van der Waals surface area contributed by atoms with Gasteiger partial charge < -0.3 is 9.80 Å². The van der Waals surface area contributed by atoms with Crippen molar-refractivity contribution in [1.29, 1.82) is 0 Å². The number of hydrogen-bond donors (Lipinski definition) is 0. The van der Waals surface area contributed by atoms with Gasteiger partial charge in [0, 0.05) is 30.9 Å². The predicted octanol–water partition coefficient (Wildman–Crippen LogP) is 2.83. The van der Waals surface area contributed by atoms with Crippen molar-refractivity contribution in [2.45, 2.75) is 52.9 Å². The monoisotopic (exact) mass is 302 g/mol. The van der Waals surface area contributed by atoms with Crippen LogP contribution in [-0.2, 0) is 12.8 Å². The summed E-state index contributed by atoms with van der Waals surface area (Å²) in [5.74, 6) is 2.99. The third-order valence-electron chi connectivity index (χ3n) is 5.27. The largest absolute Gasteiger partial charge is 0.356 e.